The Bertz CT molecular complexity index is 444. The zero-order valence-corrected chi connectivity index (χ0v) is 13.4. The zero-order valence-electron chi connectivity index (χ0n) is 13.4. The van der Waals surface area contributed by atoms with Crippen LogP contribution in [-0.4, -0.2) is 62.4 Å². The molecule has 0 atom stereocenters. The van der Waals surface area contributed by atoms with Crippen LogP contribution in [-0.2, 0) is 6.54 Å². The number of aromatic hydroxyl groups is 1. The first-order valence-electron chi connectivity index (χ1n) is 7.37. The fourth-order valence-electron chi connectivity index (χ4n) is 2.89. The van der Waals surface area contributed by atoms with Crippen molar-refractivity contribution in [3.63, 3.8) is 0 Å². The average molecular weight is 294 g/mol. The van der Waals surface area contributed by atoms with E-state index >= 15 is 0 Å². The maximum Gasteiger partial charge on any atom is 0.200 e. The maximum atomic E-state index is 9.95. The Morgan fingerprint density at radius 3 is 2.10 bits per heavy atom. The molecule has 1 aliphatic rings. The standard InChI is InChI=1S/C16H26N2O3/c1-17(2)13-5-7-18(8-6-13)11-12-9-14(20-3)16(19)15(10-12)21-4/h9-10,13,19H,5-8,11H2,1-4H3. The van der Waals surface area contributed by atoms with Crippen LogP contribution < -0.4 is 9.47 Å². The number of hydrogen-bond acceptors (Lipinski definition) is 5. The number of benzene rings is 1. The number of phenols is 1. The van der Waals surface area contributed by atoms with Crippen molar-refractivity contribution in [2.45, 2.75) is 25.4 Å². The lowest BCUT2D eigenvalue weighted by molar-refractivity contribution is 0.140. The molecule has 0 radical (unpaired) electrons. The zero-order chi connectivity index (χ0) is 15.4. The molecule has 0 unspecified atom stereocenters. The molecule has 1 fully saturated rings. The lowest BCUT2D eigenvalue weighted by atomic mass is 10.0. The van der Waals surface area contributed by atoms with Crippen LogP contribution in [0.25, 0.3) is 0 Å². The van der Waals surface area contributed by atoms with E-state index in [0.29, 0.717) is 17.5 Å². The highest BCUT2D eigenvalue weighted by Gasteiger charge is 2.21. The highest BCUT2D eigenvalue weighted by Crippen LogP contribution is 2.37. The molecule has 0 aliphatic carbocycles. The van der Waals surface area contributed by atoms with Gasteiger partial charge < -0.3 is 19.5 Å². The largest absolute Gasteiger partial charge is 0.502 e. The molecule has 2 rings (SSSR count). The van der Waals surface area contributed by atoms with E-state index in [2.05, 4.69) is 23.9 Å². The summed E-state index contributed by atoms with van der Waals surface area (Å²) in [6.07, 6.45) is 2.39. The minimum Gasteiger partial charge on any atom is -0.502 e. The molecular formula is C16H26N2O3. The van der Waals surface area contributed by atoms with Crippen molar-refractivity contribution < 1.29 is 14.6 Å². The summed E-state index contributed by atoms with van der Waals surface area (Å²) in [4.78, 5) is 4.75. The summed E-state index contributed by atoms with van der Waals surface area (Å²) in [7, 11) is 7.41. The van der Waals surface area contributed by atoms with E-state index in [0.717, 1.165) is 25.2 Å². The molecule has 1 aromatic carbocycles. The molecule has 1 N–H and O–H groups in total. The van der Waals surface area contributed by atoms with Gasteiger partial charge in [0.1, 0.15) is 0 Å². The fourth-order valence-corrected chi connectivity index (χ4v) is 2.89. The number of methoxy groups -OCH3 is 2. The summed E-state index contributed by atoms with van der Waals surface area (Å²) in [5, 5.41) is 9.95. The topological polar surface area (TPSA) is 45.2 Å². The summed E-state index contributed by atoms with van der Waals surface area (Å²) in [6, 6.07) is 4.45. The molecule has 1 heterocycles. The highest BCUT2D eigenvalue weighted by atomic mass is 16.5. The van der Waals surface area contributed by atoms with Crippen LogP contribution in [0.1, 0.15) is 18.4 Å². The van der Waals surface area contributed by atoms with E-state index in [1.165, 1.54) is 12.8 Å². The van der Waals surface area contributed by atoms with Gasteiger partial charge in [0.15, 0.2) is 11.5 Å². The third kappa shape index (κ3) is 3.80. The first kappa shape index (κ1) is 15.9. The van der Waals surface area contributed by atoms with Gasteiger partial charge in [0.2, 0.25) is 5.75 Å². The molecule has 1 saturated heterocycles. The molecule has 0 bridgehead atoms. The van der Waals surface area contributed by atoms with Gasteiger partial charge in [-0.05, 0) is 57.7 Å². The Morgan fingerprint density at radius 2 is 1.67 bits per heavy atom. The van der Waals surface area contributed by atoms with Crippen molar-refractivity contribution in [2.75, 3.05) is 41.4 Å². The van der Waals surface area contributed by atoms with Crippen LogP contribution >= 0.6 is 0 Å². The van der Waals surface area contributed by atoms with Crippen LogP contribution in [0.15, 0.2) is 12.1 Å². The third-order valence-electron chi connectivity index (χ3n) is 4.23. The van der Waals surface area contributed by atoms with Crippen LogP contribution in [0.4, 0.5) is 0 Å². The van der Waals surface area contributed by atoms with Crippen molar-refractivity contribution in [1.82, 2.24) is 9.80 Å². The quantitative estimate of drug-likeness (QED) is 0.899. The molecule has 1 aliphatic heterocycles. The number of nitrogens with zero attached hydrogens (tertiary/aromatic N) is 2. The third-order valence-corrected chi connectivity index (χ3v) is 4.23. The van der Waals surface area contributed by atoms with Gasteiger partial charge in [-0.2, -0.15) is 0 Å². The van der Waals surface area contributed by atoms with Gasteiger partial charge in [0.05, 0.1) is 14.2 Å². The maximum absolute atomic E-state index is 9.95. The second-order valence-electron chi connectivity index (χ2n) is 5.82. The summed E-state index contributed by atoms with van der Waals surface area (Å²) >= 11 is 0. The summed E-state index contributed by atoms with van der Waals surface area (Å²) in [6.45, 7) is 3.04. The van der Waals surface area contributed by atoms with Gasteiger partial charge in [-0.3, -0.25) is 4.90 Å². The smallest absolute Gasteiger partial charge is 0.200 e. The monoisotopic (exact) mass is 294 g/mol. The van der Waals surface area contributed by atoms with Gasteiger partial charge in [-0.1, -0.05) is 0 Å². The molecule has 118 valence electrons. The first-order valence-corrected chi connectivity index (χ1v) is 7.37. The minimum atomic E-state index is 0.0649. The number of piperidine rings is 1. The van der Waals surface area contributed by atoms with Crippen molar-refractivity contribution in [3.05, 3.63) is 17.7 Å². The Kier molecular flexibility index (Phi) is 5.31. The molecule has 5 heteroatoms. The van der Waals surface area contributed by atoms with E-state index in [-0.39, 0.29) is 5.75 Å². The second kappa shape index (κ2) is 7.00. The summed E-state index contributed by atoms with van der Waals surface area (Å²) < 4.78 is 10.4. The normalized spacial score (nSPS) is 17.2. The van der Waals surface area contributed by atoms with Gasteiger partial charge in [0.25, 0.3) is 0 Å². The number of phenolic OH excluding ortho intramolecular Hbond substituents is 1. The molecule has 0 aromatic heterocycles. The molecular weight excluding hydrogens is 268 g/mol. The van der Waals surface area contributed by atoms with Crippen LogP contribution in [0, 0.1) is 0 Å². The van der Waals surface area contributed by atoms with E-state index < -0.39 is 0 Å². The van der Waals surface area contributed by atoms with Crippen molar-refractivity contribution in [2.24, 2.45) is 0 Å². The summed E-state index contributed by atoms with van der Waals surface area (Å²) in [5.41, 5.74) is 1.10. The van der Waals surface area contributed by atoms with Crippen LogP contribution in [0.5, 0.6) is 17.2 Å². The minimum absolute atomic E-state index is 0.0649. The molecule has 0 spiro atoms. The van der Waals surface area contributed by atoms with E-state index in [4.69, 9.17) is 9.47 Å². The van der Waals surface area contributed by atoms with Crippen molar-refractivity contribution in [3.8, 4) is 17.2 Å². The highest BCUT2D eigenvalue weighted by molar-refractivity contribution is 5.52. The van der Waals surface area contributed by atoms with Gasteiger partial charge in [-0.15, -0.1) is 0 Å². The van der Waals surface area contributed by atoms with Gasteiger partial charge >= 0.3 is 0 Å². The number of likely N-dealkylation sites (tertiary alicyclic amines) is 1. The molecule has 0 amide bonds. The average Bonchev–Trinajstić information content (AvgIpc) is 2.49. The van der Waals surface area contributed by atoms with Crippen LogP contribution in [0.3, 0.4) is 0 Å². The van der Waals surface area contributed by atoms with Gasteiger partial charge in [0, 0.05) is 12.6 Å². The Hall–Kier alpha value is -1.46. The van der Waals surface area contributed by atoms with Crippen molar-refractivity contribution >= 4 is 0 Å². The van der Waals surface area contributed by atoms with E-state index in [1.54, 1.807) is 14.2 Å². The summed E-state index contributed by atoms with van der Waals surface area (Å²) in [5.74, 6) is 0.995. The van der Waals surface area contributed by atoms with Crippen molar-refractivity contribution in [1.29, 1.82) is 0 Å². The SMILES string of the molecule is COc1cc(CN2CCC(N(C)C)CC2)cc(OC)c1O. The Balaban J connectivity index is 2.03. The molecule has 1 aromatic rings. The number of rotatable bonds is 5. The molecule has 21 heavy (non-hydrogen) atoms. The predicted octanol–water partition coefficient (Wildman–Crippen LogP) is 1.94. The van der Waals surface area contributed by atoms with E-state index in [9.17, 15) is 5.11 Å². The number of ether oxygens (including phenoxy) is 2. The van der Waals surface area contributed by atoms with Gasteiger partial charge in [-0.25, -0.2) is 0 Å². The fraction of sp³-hybridized carbons (Fsp3) is 0.625. The second-order valence-corrected chi connectivity index (χ2v) is 5.82. The van der Waals surface area contributed by atoms with E-state index in [1.807, 2.05) is 12.1 Å². The Labute approximate surface area is 127 Å². The molecule has 0 saturated carbocycles. The van der Waals surface area contributed by atoms with Crippen LogP contribution in [0.2, 0.25) is 0 Å². The lowest BCUT2D eigenvalue weighted by Crippen LogP contribution is -2.41. The first-order chi connectivity index (χ1) is 10.0. The number of hydrogen-bond donors (Lipinski definition) is 1. The lowest BCUT2D eigenvalue weighted by Gasteiger charge is -2.35. The Morgan fingerprint density at radius 1 is 1.14 bits per heavy atom. The predicted molar refractivity (Wildman–Crippen MR) is 83.2 cm³/mol. The molecule has 5 nitrogen and oxygen atoms in total.